The standard InChI is InChI=1S/C18H23N3O5/c1-3-18(9-8-14(23)21-17(18)26)12-4-6-13(7-5-12)20-16(25)15(24)19-10-11(2)22/h4-7,11,22H,3,8-10H2,1-2H3,(H,19,24)(H,20,25)(H,21,23,26). The average Bonchev–Trinajstić information content (AvgIpc) is 2.61. The van der Waals surface area contributed by atoms with Gasteiger partial charge in [0.1, 0.15) is 0 Å². The second kappa shape index (κ2) is 8.09. The summed E-state index contributed by atoms with van der Waals surface area (Å²) < 4.78 is 0. The molecule has 0 bridgehead atoms. The van der Waals surface area contributed by atoms with Crippen molar-refractivity contribution >= 4 is 29.3 Å². The van der Waals surface area contributed by atoms with E-state index in [0.717, 1.165) is 5.56 Å². The molecule has 4 N–H and O–H groups in total. The maximum Gasteiger partial charge on any atom is 0.313 e. The predicted molar refractivity (Wildman–Crippen MR) is 94.1 cm³/mol. The molecule has 2 atom stereocenters. The van der Waals surface area contributed by atoms with Crippen LogP contribution in [0.1, 0.15) is 38.7 Å². The zero-order valence-corrected chi connectivity index (χ0v) is 14.8. The van der Waals surface area contributed by atoms with E-state index < -0.39 is 23.3 Å². The lowest BCUT2D eigenvalue weighted by Crippen LogP contribution is -2.51. The number of carbonyl (C=O) groups excluding carboxylic acids is 4. The second-order valence-corrected chi connectivity index (χ2v) is 6.40. The Morgan fingerprint density at radius 1 is 1.23 bits per heavy atom. The summed E-state index contributed by atoms with van der Waals surface area (Å²) in [5.41, 5.74) is 0.386. The van der Waals surface area contributed by atoms with Gasteiger partial charge in [-0.05, 0) is 37.5 Å². The van der Waals surface area contributed by atoms with Crippen molar-refractivity contribution in [3.05, 3.63) is 29.8 Å². The highest BCUT2D eigenvalue weighted by Crippen LogP contribution is 2.36. The second-order valence-electron chi connectivity index (χ2n) is 6.40. The lowest BCUT2D eigenvalue weighted by atomic mass is 9.72. The van der Waals surface area contributed by atoms with E-state index in [1.54, 1.807) is 24.3 Å². The van der Waals surface area contributed by atoms with Gasteiger partial charge >= 0.3 is 11.8 Å². The van der Waals surface area contributed by atoms with E-state index in [0.29, 0.717) is 18.5 Å². The third-order valence-corrected chi connectivity index (χ3v) is 4.53. The van der Waals surface area contributed by atoms with E-state index in [9.17, 15) is 19.2 Å². The van der Waals surface area contributed by atoms with Crippen molar-refractivity contribution in [1.29, 1.82) is 0 Å². The van der Waals surface area contributed by atoms with Crippen LogP contribution < -0.4 is 16.0 Å². The Kier molecular flexibility index (Phi) is 6.10. The summed E-state index contributed by atoms with van der Waals surface area (Å²) in [4.78, 5) is 47.2. The van der Waals surface area contributed by atoms with Crippen LogP contribution in [-0.4, -0.2) is 41.4 Å². The summed E-state index contributed by atoms with van der Waals surface area (Å²) in [6.45, 7) is 3.37. The molecule has 0 aromatic heterocycles. The maximum atomic E-state index is 12.4. The molecule has 1 aliphatic rings. The molecule has 8 nitrogen and oxygen atoms in total. The molecule has 1 heterocycles. The number of piperidine rings is 1. The molecule has 0 spiro atoms. The number of aliphatic hydroxyl groups excluding tert-OH is 1. The van der Waals surface area contributed by atoms with Crippen molar-refractivity contribution in [2.24, 2.45) is 0 Å². The fraction of sp³-hybridized carbons (Fsp3) is 0.444. The van der Waals surface area contributed by atoms with Gasteiger partial charge in [0, 0.05) is 18.7 Å². The third-order valence-electron chi connectivity index (χ3n) is 4.53. The van der Waals surface area contributed by atoms with Gasteiger partial charge in [-0.25, -0.2) is 0 Å². The summed E-state index contributed by atoms with van der Waals surface area (Å²) in [7, 11) is 0. The average molecular weight is 361 g/mol. The number of aliphatic hydroxyl groups is 1. The number of amides is 4. The molecule has 2 rings (SSSR count). The molecule has 1 aliphatic heterocycles. The summed E-state index contributed by atoms with van der Waals surface area (Å²) in [5.74, 6) is -2.27. The summed E-state index contributed by atoms with van der Waals surface area (Å²) in [6, 6.07) is 6.64. The van der Waals surface area contributed by atoms with Crippen LogP contribution in [0.2, 0.25) is 0 Å². The third kappa shape index (κ3) is 4.26. The number of hydrogen-bond donors (Lipinski definition) is 4. The number of benzene rings is 1. The number of anilines is 1. The number of carbonyl (C=O) groups is 4. The highest BCUT2D eigenvalue weighted by molar-refractivity contribution is 6.39. The van der Waals surface area contributed by atoms with Gasteiger partial charge in [-0.1, -0.05) is 19.1 Å². The van der Waals surface area contributed by atoms with Gasteiger partial charge in [-0.2, -0.15) is 0 Å². The molecular weight excluding hydrogens is 338 g/mol. The largest absolute Gasteiger partial charge is 0.392 e. The van der Waals surface area contributed by atoms with Gasteiger partial charge in [-0.15, -0.1) is 0 Å². The highest BCUT2D eigenvalue weighted by Gasteiger charge is 2.42. The van der Waals surface area contributed by atoms with Crippen molar-refractivity contribution in [2.75, 3.05) is 11.9 Å². The van der Waals surface area contributed by atoms with Crippen LogP contribution in [-0.2, 0) is 24.6 Å². The van der Waals surface area contributed by atoms with Crippen LogP contribution in [0, 0.1) is 0 Å². The SMILES string of the molecule is CCC1(c2ccc(NC(=O)C(=O)NCC(C)O)cc2)CCC(=O)NC1=O. The molecule has 0 radical (unpaired) electrons. The summed E-state index contributed by atoms with van der Waals surface area (Å²) in [5, 5.41) is 16.3. The molecule has 1 fully saturated rings. The van der Waals surface area contributed by atoms with E-state index in [-0.39, 0.29) is 24.8 Å². The Morgan fingerprint density at radius 3 is 2.42 bits per heavy atom. The van der Waals surface area contributed by atoms with Crippen LogP contribution >= 0.6 is 0 Å². The highest BCUT2D eigenvalue weighted by atomic mass is 16.3. The van der Waals surface area contributed by atoms with Crippen LogP contribution in [0.5, 0.6) is 0 Å². The molecule has 0 saturated carbocycles. The lowest BCUT2D eigenvalue weighted by molar-refractivity contribution is -0.138. The Morgan fingerprint density at radius 2 is 1.88 bits per heavy atom. The van der Waals surface area contributed by atoms with Gasteiger partial charge < -0.3 is 15.7 Å². The smallest absolute Gasteiger partial charge is 0.313 e. The molecule has 1 aromatic carbocycles. The zero-order valence-electron chi connectivity index (χ0n) is 14.8. The number of hydrogen-bond acceptors (Lipinski definition) is 5. The van der Waals surface area contributed by atoms with Gasteiger partial charge in [0.25, 0.3) is 0 Å². The van der Waals surface area contributed by atoms with Gasteiger partial charge in [-0.3, -0.25) is 24.5 Å². The first-order valence-electron chi connectivity index (χ1n) is 8.50. The van der Waals surface area contributed by atoms with Crippen molar-refractivity contribution in [1.82, 2.24) is 10.6 Å². The molecule has 1 aromatic rings. The maximum absolute atomic E-state index is 12.4. The first-order valence-corrected chi connectivity index (χ1v) is 8.50. The van der Waals surface area contributed by atoms with Gasteiger partial charge in [0.05, 0.1) is 11.5 Å². The monoisotopic (exact) mass is 361 g/mol. The van der Waals surface area contributed by atoms with Crippen LogP contribution in [0.3, 0.4) is 0 Å². The Hall–Kier alpha value is -2.74. The van der Waals surface area contributed by atoms with E-state index in [2.05, 4.69) is 16.0 Å². The van der Waals surface area contributed by atoms with Crippen molar-refractivity contribution in [2.45, 2.75) is 44.6 Å². The Labute approximate surface area is 151 Å². The molecule has 0 aliphatic carbocycles. The fourth-order valence-corrected chi connectivity index (χ4v) is 2.95. The van der Waals surface area contributed by atoms with Crippen molar-refractivity contribution in [3.63, 3.8) is 0 Å². The molecule has 4 amide bonds. The van der Waals surface area contributed by atoms with E-state index in [4.69, 9.17) is 5.11 Å². The number of rotatable bonds is 5. The molecule has 1 saturated heterocycles. The minimum absolute atomic E-state index is 0.0158. The van der Waals surface area contributed by atoms with E-state index in [1.165, 1.54) is 6.92 Å². The fourth-order valence-electron chi connectivity index (χ4n) is 2.95. The Bertz CT molecular complexity index is 714. The van der Waals surface area contributed by atoms with Crippen LogP contribution in [0.25, 0.3) is 0 Å². The Balaban J connectivity index is 2.08. The number of imide groups is 1. The molecule has 8 heteroatoms. The van der Waals surface area contributed by atoms with Crippen molar-refractivity contribution < 1.29 is 24.3 Å². The normalized spacial score (nSPS) is 20.9. The molecule has 140 valence electrons. The van der Waals surface area contributed by atoms with Gasteiger partial charge in [0.15, 0.2) is 0 Å². The first kappa shape index (κ1) is 19.6. The topological polar surface area (TPSA) is 125 Å². The summed E-state index contributed by atoms with van der Waals surface area (Å²) >= 11 is 0. The summed E-state index contributed by atoms with van der Waals surface area (Å²) in [6.07, 6.45) is 0.507. The van der Waals surface area contributed by atoms with E-state index in [1.807, 2.05) is 6.92 Å². The minimum Gasteiger partial charge on any atom is -0.392 e. The van der Waals surface area contributed by atoms with Gasteiger partial charge in [0.2, 0.25) is 11.8 Å². The van der Waals surface area contributed by atoms with Crippen LogP contribution in [0.15, 0.2) is 24.3 Å². The lowest BCUT2D eigenvalue weighted by Gasteiger charge is -2.35. The minimum atomic E-state index is -0.843. The number of nitrogens with one attached hydrogen (secondary N) is 3. The predicted octanol–water partition coefficient (Wildman–Crippen LogP) is 0.206. The van der Waals surface area contributed by atoms with Crippen LogP contribution in [0.4, 0.5) is 5.69 Å². The first-order chi connectivity index (χ1) is 12.3. The zero-order chi connectivity index (χ0) is 19.3. The molecule has 26 heavy (non-hydrogen) atoms. The molecule has 2 unspecified atom stereocenters. The van der Waals surface area contributed by atoms with Crippen molar-refractivity contribution in [3.8, 4) is 0 Å². The quantitative estimate of drug-likeness (QED) is 0.441. The van der Waals surface area contributed by atoms with E-state index >= 15 is 0 Å². The molecular formula is C18H23N3O5.